The number of hydrogen-bond acceptors (Lipinski definition) is 10. The number of rotatable bonds is 8. The van der Waals surface area contributed by atoms with Crippen LogP contribution < -0.4 is 4.72 Å². The summed E-state index contributed by atoms with van der Waals surface area (Å²) in [5.74, 6) is -0.0266. The number of carbonyl (C=O) groups excluding carboxylic acids is 1. The Morgan fingerprint density at radius 2 is 1.91 bits per heavy atom. The Balaban J connectivity index is 1.25. The zero-order valence-electron chi connectivity index (χ0n) is 17.0. The van der Waals surface area contributed by atoms with E-state index in [4.69, 9.17) is 9.15 Å². The van der Waals surface area contributed by atoms with E-state index in [9.17, 15) is 23.3 Å². The van der Waals surface area contributed by atoms with Gasteiger partial charge in [0.1, 0.15) is 5.84 Å². The van der Waals surface area contributed by atoms with Crippen molar-refractivity contribution < 1.29 is 27.3 Å². The van der Waals surface area contributed by atoms with Crippen LogP contribution in [0.5, 0.6) is 0 Å². The number of hydrogen-bond donors (Lipinski definition) is 1. The molecular formula is C20H17N5O7S. The standard InChI is InChI=1S/C20H17N5O7S/c26-18(6-3-11-21-19-15-4-1-2-5-16(15)33(29,30)24-19)31-12-17-22-23-20(32-17)13-7-9-14(10-8-13)25(27)28/h1-2,4-5,7-10H,3,6,11-12H2,(H,21,24). The molecule has 12 nitrogen and oxygen atoms in total. The predicted molar refractivity (Wildman–Crippen MR) is 114 cm³/mol. The van der Waals surface area contributed by atoms with Crippen LogP contribution in [0, 0.1) is 10.1 Å². The second-order valence-corrected chi connectivity index (χ2v) is 8.55. The molecule has 0 bridgehead atoms. The lowest BCUT2D eigenvalue weighted by Gasteiger charge is -2.02. The van der Waals surface area contributed by atoms with Crippen LogP contribution in [0.3, 0.4) is 0 Å². The number of nitro groups is 1. The van der Waals surface area contributed by atoms with E-state index >= 15 is 0 Å². The minimum atomic E-state index is -3.60. The first-order valence-electron chi connectivity index (χ1n) is 9.73. The fourth-order valence-electron chi connectivity index (χ4n) is 3.03. The number of sulfonamides is 1. The monoisotopic (exact) mass is 471 g/mol. The summed E-state index contributed by atoms with van der Waals surface area (Å²) in [7, 11) is -3.60. The number of esters is 1. The number of fused-ring (bicyclic) bond motifs is 1. The van der Waals surface area contributed by atoms with Crippen molar-refractivity contribution in [3.05, 3.63) is 70.1 Å². The Bertz CT molecular complexity index is 1330. The van der Waals surface area contributed by atoms with Crippen LogP contribution in [-0.4, -0.2) is 41.9 Å². The molecule has 0 aliphatic carbocycles. The first-order valence-corrected chi connectivity index (χ1v) is 11.2. The lowest BCUT2D eigenvalue weighted by molar-refractivity contribution is -0.384. The Labute approximate surface area is 187 Å². The van der Waals surface area contributed by atoms with Crippen molar-refractivity contribution in [2.45, 2.75) is 24.3 Å². The third kappa shape index (κ3) is 5.03. The van der Waals surface area contributed by atoms with Crippen molar-refractivity contribution in [2.75, 3.05) is 6.54 Å². The van der Waals surface area contributed by atoms with Gasteiger partial charge >= 0.3 is 5.97 Å². The third-order valence-corrected chi connectivity index (χ3v) is 6.02. The molecule has 0 saturated carbocycles. The van der Waals surface area contributed by atoms with Crippen molar-refractivity contribution in [1.29, 1.82) is 0 Å². The van der Waals surface area contributed by atoms with Crippen LogP contribution in [0.15, 0.2) is 62.8 Å². The predicted octanol–water partition coefficient (Wildman–Crippen LogP) is 2.21. The van der Waals surface area contributed by atoms with Crippen LogP contribution in [0.4, 0.5) is 5.69 Å². The summed E-state index contributed by atoms with van der Waals surface area (Å²) in [5.41, 5.74) is 0.932. The molecule has 0 saturated heterocycles. The molecule has 0 unspecified atom stereocenters. The van der Waals surface area contributed by atoms with E-state index in [1.807, 2.05) is 0 Å². The maximum Gasteiger partial charge on any atom is 0.306 e. The van der Waals surface area contributed by atoms with Gasteiger partial charge in [-0.15, -0.1) is 10.2 Å². The first kappa shape index (κ1) is 22.1. The van der Waals surface area contributed by atoms with Gasteiger partial charge in [0.15, 0.2) is 6.61 Å². The van der Waals surface area contributed by atoms with Gasteiger partial charge in [-0.2, -0.15) is 0 Å². The molecule has 4 rings (SSSR count). The molecule has 0 fully saturated rings. The second-order valence-electron chi connectivity index (χ2n) is 6.90. The summed E-state index contributed by atoms with van der Waals surface area (Å²) in [6.45, 7) is 0.00659. The summed E-state index contributed by atoms with van der Waals surface area (Å²) >= 11 is 0. The number of carbonyl (C=O) groups is 1. The summed E-state index contributed by atoms with van der Waals surface area (Å²) in [6.07, 6.45) is 0.415. The number of non-ortho nitro benzene ring substituents is 1. The minimum absolute atomic E-state index is 0.0629. The van der Waals surface area contributed by atoms with Crippen LogP contribution >= 0.6 is 0 Å². The van der Waals surface area contributed by atoms with Crippen molar-refractivity contribution in [1.82, 2.24) is 14.9 Å². The molecular weight excluding hydrogens is 454 g/mol. The molecule has 0 atom stereocenters. The molecule has 1 aromatic heterocycles. The Morgan fingerprint density at radius 1 is 1.15 bits per heavy atom. The van der Waals surface area contributed by atoms with Gasteiger partial charge in [0, 0.05) is 36.2 Å². The molecule has 170 valence electrons. The van der Waals surface area contributed by atoms with Crippen molar-refractivity contribution in [3.8, 4) is 11.5 Å². The molecule has 1 aliphatic rings. The maximum absolute atomic E-state index is 12.0. The SMILES string of the molecule is O=C(CCCN=C1NS(=O)(=O)c2ccccc21)OCc1nnc(-c2ccc([N+](=O)[O-])cc2)o1. The van der Waals surface area contributed by atoms with Gasteiger partial charge in [0.2, 0.25) is 5.89 Å². The van der Waals surface area contributed by atoms with E-state index in [0.29, 0.717) is 17.5 Å². The van der Waals surface area contributed by atoms with E-state index < -0.39 is 20.9 Å². The van der Waals surface area contributed by atoms with Crippen molar-refractivity contribution in [3.63, 3.8) is 0 Å². The van der Waals surface area contributed by atoms with Crippen LogP contribution in [0.25, 0.3) is 11.5 Å². The van der Waals surface area contributed by atoms with Crippen molar-refractivity contribution >= 4 is 27.5 Å². The number of aliphatic imine (C=N–C) groups is 1. The average molecular weight is 471 g/mol. The molecule has 0 spiro atoms. The topological polar surface area (TPSA) is 167 Å². The fraction of sp³-hybridized carbons (Fsp3) is 0.200. The normalized spacial score (nSPS) is 15.1. The van der Waals surface area contributed by atoms with Gasteiger partial charge in [-0.1, -0.05) is 12.1 Å². The number of nitrogens with zero attached hydrogens (tertiary/aromatic N) is 4. The Morgan fingerprint density at radius 3 is 2.67 bits per heavy atom. The van der Waals surface area contributed by atoms with Gasteiger partial charge in [-0.3, -0.25) is 24.6 Å². The molecule has 1 aliphatic heterocycles. The zero-order valence-corrected chi connectivity index (χ0v) is 17.8. The first-order chi connectivity index (χ1) is 15.8. The lowest BCUT2D eigenvalue weighted by atomic mass is 10.2. The highest BCUT2D eigenvalue weighted by molar-refractivity contribution is 7.90. The van der Waals surface area contributed by atoms with Gasteiger partial charge in [0.05, 0.1) is 9.82 Å². The zero-order chi connectivity index (χ0) is 23.4. The number of aromatic nitrogens is 2. The molecule has 13 heteroatoms. The summed E-state index contributed by atoms with van der Waals surface area (Å²) < 4.78 is 37.0. The molecule has 0 radical (unpaired) electrons. The van der Waals surface area contributed by atoms with Gasteiger partial charge in [0.25, 0.3) is 21.6 Å². The van der Waals surface area contributed by atoms with E-state index in [1.54, 1.807) is 18.2 Å². The van der Waals surface area contributed by atoms with E-state index in [2.05, 4.69) is 19.9 Å². The smallest absolute Gasteiger partial charge is 0.306 e. The maximum atomic E-state index is 12.0. The summed E-state index contributed by atoms with van der Waals surface area (Å²) in [6, 6.07) is 12.1. The lowest BCUT2D eigenvalue weighted by Crippen LogP contribution is -2.22. The third-order valence-electron chi connectivity index (χ3n) is 4.62. The highest BCUT2D eigenvalue weighted by atomic mass is 32.2. The number of benzene rings is 2. The number of amidine groups is 1. The summed E-state index contributed by atoms with van der Waals surface area (Å²) in [4.78, 5) is 26.6. The largest absolute Gasteiger partial charge is 0.456 e. The Hall–Kier alpha value is -4.13. The molecule has 2 heterocycles. The highest BCUT2D eigenvalue weighted by Crippen LogP contribution is 2.23. The van der Waals surface area contributed by atoms with Crippen LogP contribution in [0.2, 0.25) is 0 Å². The van der Waals surface area contributed by atoms with E-state index in [1.165, 1.54) is 30.3 Å². The molecule has 2 aromatic carbocycles. The second kappa shape index (κ2) is 9.16. The highest BCUT2D eigenvalue weighted by Gasteiger charge is 2.29. The van der Waals surface area contributed by atoms with Gasteiger partial charge in [-0.05, 0) is 30.7 Å². The Kier molecular flexibility index (Phi) is 6.13. The molecule has 0 amide bonds. The minimum Gasteiger partial charge on any atom is -0.456 e. The fourth-order valence-corrected chi connectivity index (χ4v) is 4.29. The van der Waals surface area contributed by atoms with Gasteiger partial charge < -0.3 is 9.15 Å². The van der Waals surface area contributed by atoms with E-state index in [0.717, 1.165) is 0 Å². The van der Waals surface area contributed by atoms with Crippen LogP contribution in [0.1, 0.15) is 24.3 Å². The van der Waals surface area contributed by atoms with Crippen molar-refractivity contribution in [2.24, 2.45) is 4.99 Å². The van der Waals surface area contributed by atoms with Gasteiger partial charge in [-0.25, -0.2) is 8.42 Å². The molecule has 3 aromatic rings. The summed E-state index contributed by atoms with van der Waals surface area (Å²) in [5, 5.41) is 18.3. The van der Waals surface area contributed by atoms with Crippen LogP contribution in [-0.2, 0) is 26.2 Å². The number of nitro benzene ring substituents is 1. The number of nitrogens with one attached hydrogen (secondary N) is 1. The quantitative estimate of drug-likeness (QED) is 0.224. The average Bonchev–Trinajstić information content (AvgIpc) is 3.38. The molecule has 1 N–H and O–H groups in total. The van der Waals surface area contributed by atoms with E-state index in [-0.39, 0.29) is 47.8 Å². The number of ether oxygens (including phenoxy) is 1. The molecule has 33 heavy (non-hydrogen) atoms.